The molecule has 1 amide bonds. The zero-order valence-electron chi connectivity index (χ0n) is 13.2. The van der Waals surface area contributed by atoms with Crippen LogP contribution in [0, 0.1) is 11.3 Å². The van der Waals surface area contributed by atoms with Crippen molar-refractivity contribution in [1.82, 2.24) is 0 Å². The van der Waals surface area contributed by atoms with Crippen LogP contribution in [0.5, 0.6) is 0 Å². The molecule has 2 N–H and O–H groups in total. The summed E-state index contributed by atoms with van der Waals surface area (Å²) in [4.78, 5) is 12.2. The van der Waals surface area contributed by atoms with Gasteiger partial charge in [-0.2, -0.15) is 5.26 Å². The summed E-state index contributed by atoms with van der Waals surface area (Å²) in [6.07, 6.45) is 1.40. The Bertz CT molecular complexity index is 988. The smallest absolute Gasteiger partial charge is 0.267 e. The summed E-state index contributed by atoms with van der Waals surface area (Å²) in [5, 5.41) is 17.7. The Morgan fingerprint density at radius 3 is 2.36 bits per heavy atom. The summed E-state index contributed by atoms with van der Waals surface area (Å²) in [5.41, 5.74) is 1.34. The van der Waals surface area contributed by atoms with Crippen LogP contribution in [0.1, 0.15) is 0 Å². The molecular formula is C20H14ClN3O. The summed E-state index contributed by atoms with van der Waals surface area (Å²) in [6.45, 7) is 0. The molecule has 122 valence electrons. The number of anilines is 2. The lowest BCUT2D eigenvalue weighted by molar-refractivity contribution is -0.112. The molecule has 25 heavy (non-hydrogen) atoms. The number of nitrogens with zero attached hydrogens (tertiary/aromatic N) is 1. The van der Waals surface area contributed by atoms with Crippen LogP contribution in [-0.4, -0.2) is 5.91 Å². The third-order valence-corrected chi connectivity index (χ3v) is 3.85. The summed E-state index contributed by atoms with van der Waals surface area (Å²) in [7, 11) is 0. The van der Waals surface area contributed by atoms with Gasteiger partial charge < -0.3 is 10.6 Å². The molecule has 0 saturated heterocycles. The zero-order chi connectivity index (χ0) is 17.6. The molecule has 0 aliphatic rings. The van der Waals surface area contributed by atoms with Crippen LogP contribution in [0.25, 0.3) is 10.8 Å². The maximum Gasteiger partial charge on any atom is 0.267 e. The first-order chi connectivity index (χ1) is 12.2. The number of hydrogen-bond acceptors (Lipinski definition) is 3. The monoisotopic (exact) mass is 347 g/mol. The Kier molecular flexibility index (Phi) is 4.98. The van der Waals surface area contributed by atoms with Crippen LogP contribution in [-0.2, 0) is 4.79 Å². The van der Waals surface area contributed by atoms with Crippen molar-refractivity contribution in [2.24, 2.45) is 0 Å². The van der Waals surface area contributed by atoms with Gasteiger partial charge in [-0.3, -0.25) is 4.79 Å². The van der Waals surface area contributed by atoms with Crippen molar-refractivity contribution < 1.29 is 4.79 Å². The highest BCUT2D eigenvalue weighted by atomic mass is 35.5. The Balaban J connectivity index is 1.73. The van der Waals surface area contributed by atoms with Crippen molar-refractivity contribution in [3.05, 3.63) is 83.5 Å². The molecule has 4 nitrogen and oxygen atoms in total. The number of halogens is 1. The number of fused-ring (bicyclic) bond motifs is 1. The zero-order valence-corrected chi connectivity index (χ0v) is 13.9. The second-order valence-corrected chi connectivity index (χ2v) is 5.77. The van der Waals surface area contributed by atoms with Gasteiger partial charge in [0.05, 0.1) is 0 Å². The molecule has 0 saturated carbocycles. The van der Waals surface area contributed by atoms with Gasteiger partial charge in [0.2, 0.25) is 0 Å². The largest absolute Gasteiger partial charge is 0.360 e. The van der Waals surface area contributed by atoms with E-state index in [0.717, 1.165) is 16.5 Å². The lowest BCUT2D eigenvalue weighted by atomic mass is 10.1. The first-order valence-electron chi connectivity index (χ1n) is 7.58. The van der Waals surface area contributed by atoms with Crippen molar-refractivity contribution >= 4 is 39.7 Å². The van der Waals surface area contributed by atoms with E-state index < -0.39 is 5.91 Å². The predicted molar refractivity (Wildman–Crippen MR) is 101 cm³/mol. The summed E-state index contributed by atoms with van der Waals surface area (Å²) >= 11 is 5.81. The van der Waals surface area contributed by atoms with E-state index in [2.05, 4.69) is 10.6 Å². The molecule has 0 bridgehead atoms. The molecule has 0 unspecified atom stereocenters. The number of benzene rings is 3. The molecule has 0 aliphatic carbocycles. The van der Waals surface area contributed by atoms with Crippen LogP contribution >= 0.6 is 11.6 Å². The number of carbonyl (C=O) groups is 1. The van der Waals surface area contributed by atoms with Crippen LogP contribution in [0.4, 0.5) is 11.4 Å². The first kappa shape index (κ1) is 16.6. The molecule has 0 fully saturated rings. The average molecular weight is 348 g/mol. The lowest BCUT2D eigenvalue weighted by Crippen LogP contribution is -2.14. The lowest BCUT2D eigenvalue weighted by Gasteiger charge is -2.06. The minimum Gasteiger partial charge on any atom is -0.360 e. The number of carbonyl (C=O) groups excluding carboxylic acids is 1. The van der Waals surface area contributed by atoms with E-state index in [1.165, 1.54) is 6.20 Å². The topological polar surface area (TPSA) is 64.9 Å². The summed E-state index contributed by atoms with van der Waals surface area (Å²) < 4.78 is 0. The standard InChI is InChI=1S/C20H14ClN3O/c21-17-6-9-18(10-7-17)24-20(25)16(12-22)13-23-19-8-5-14-3-1-2-4-15(14)11-19/h1-11,13,23H,(H,24,25)/b16-13-. The van der Waals surface area contributed by atoms with Gasteiger partial charge in [-0.05, 0) is 47.2 Å². The van der Waals surface area contributed by atoms with E-state index in [0.29, 0.717) is 10.7 Å². The fraction of sp³-hybridized carbons (Fsp3) is 0. The van der Waals surface area contributed by atoms with E-state index in [9.17, 15) is 10.1 Å². The van der Waals surface area contributed by atoms with Gasteiger partial charge in [0.1, 0.15) is 11.6 Å². The highest BCUT2D eigenvalue weighted by Crippen LogP contribution is 2.19. The van der Waals surface area contributed by atoms with E-state index in [1.807, 2.05) is 48.5 Å². The van der Waals surface area contributed by atoms with E-state index >= 15 is 0 Å². The Morgan fingerprint density at radius 2 is 1.64 bits per heavy atom. The Hall–Kier alpha value is -3.29. The molecule has 3 aromatic carbocycles. The third-order valence-electron chi connectivity index (χ3n) is 3.60. The van der Waals surface area contributed by atoms with E-state index in [-0.39, 0.29) is 5.57 Å². The normalized spacial score (nSPS) is 11.0. The third kappa shape index (κ3) is 4.17. The van der Waals surface area contributed by atoms with Gasteiger partial charge >= 0.3 is 0 Å². The Labute approximate surface area is 150 Å². The number of nitriles is 1. The number of rotatable bonds is 4. The first-order valence-corrected chi connectivity index (χ1v) is 7.96. The molecule has 0 aromatic heterocycles. The van der Waals surface area contributed by atoms with Gasteiger partial charge in [-0.25, -0.2) is 0 Å². The van der Waals surface area contributed by atoms with Gasteiger partial charge in [0.15, 0.2) is 0 Å². The molecule has 0 spiro atoms. The van der Waals surface area contributed by atoms with Gasteiger partial charge in [-0.1, -0.05) is 41.9 Å². The minimum atomic E-state index is -0.488. The van der Waals surface area contributed by atoms with Crippen LogP contribution in [0.3, 0.4) is 0 Å². The SMILES string of the molecule is N#C/C(=C/Nc1ccc2ccccc2c1)C(=O)Nc1ccc(Cl)cc1. The van der Waals surface area contributed by atoms with Gasteiger partial charge in [-0.15, -0.1) is 0 Å². The quantitative estimate of drug-likeness (QED) is 0.518. The molecule has 3 rings (SSSR count). The molecular weight excluding hydrogens is 334 g/mol. The summed E-state index contributed by atoms with van der Waals surface area (Å²) in [5.74, 6) is -0.488. The van der Waals surface area contributed by atoms with Crippen molar-refractivity contribution in [1.29, 1.82) is 5.26 Å². The predicted octanol–water partition coefficient (Wildman–Crippen LogP) is 4.95. The molecule has 5 heteroatoms. The average Bonchev–Trinajstić information content (AvgIpc) is 2.64. The maximum atomic E-state index is 12.2. The fourth-order valence-corrected chi connectivity index (χ4v) is 2.44. The van der Waals surface area contributed by atoms with Crippen molar-refractivity contribution in [3.8, 4) is 6.07 Å². The van der Waals surface area contributed by atoms with Gasteiger partial charge in [0.25, 0.3) is 5.91 Å². The molecule has 0 aliphatic heterocycles. The molecule has 0 radical (unpaired) electrons. The van der Waals surface area contributed by atoms with Crippen molar-refractivity contribution in [3.63, 3.8) is 0 Å². The fourth-order valence-electron chi connectivity index (χ4n) is 2.31. The van der Waals surface area contributed by atoms with Crippen LogP contribution in [0.15, 0.2) is 78.5 Å². The second-order valence-electron chi connectivity index (χ2n) is 5.34. The number of amides is 1. The molecule has 0 heterocycles. The Morgan fingerprint density at radius 1 is 0.960 bits per heavy atom. The highest BCUT2D eigenvalue weighted by Gasteiger charge is 2.09. The van der Waals surface area contributed by atoms with Crippen LogP contribution < -0.4 is 10.6 Å². The second kappa shape index (κ2) is 7.52. The molecule has 3 aromatic rings. The number of hydrogen-bond donors (Lipinski definition) is 2. The van der Waals surface area contributed by atoms with Crippen molar-refractivity contribution in [2.45, 2.75) is 0 Å². The number of nitrogens with one attached hydrogen (secondary N) is 2. The van der Waals surface area contributed by atoms with E-state index in [1.54, 1.807) is 24.3 Å². The minimum absolute atomic E-state index is 0.0249. The van der Waals surface area contributed by atoms with Crippen LogP contribution in [0.2, 0.25) is 5.02 Å². The van der Waals surface area contributed by atoms with Crippen molar-refractivity contribution in [2.75, 3.05) is 10.6 Å². The summed E-state index contributed by atoms with van der Waals surface area (Å²) in [6, 6.07) is 22.4. The maximum absolute atomic E-state index is 12.2. The highest BCUT2D eigenvalue weighted by molar-refractivity contribution is 6.30. The van der Waals surface area contributed by atoms with Gasteiger partial charge in [0, 0.05) is 22.6 Å². The van der Waals surface area contributed by atoms with E-state index in [4.69, 9.17) is 11.6 Å². The molecule has 0 atom stereocenters.